The number of imide groups is 1. The first-order chi connectivity index (χ1) is 9.08. The van der Waals surface area contributed by atoms with Crippen LogP contribution in [-0.2, 0) is 23.9 Å². The van der Waals surface area contributed by atoms with Crippen LogP contribution >= 0.6 is 0 Å². The number of ether oxygens (including phenoxy) is 2. The first-order valence-corrected chi connectivity index (χ1v) is 6.43. The van der Waals surface area contributed by atoms with Crippen molar-refractivity contribution in [3.63, 3.8) is 0 Å². The van der Waals surface area contributed by atoms with Crippen LogP contribution in [-0.4, -0.2) is 42.1 Å². The zero-order chi connectivity index (χ0) is 14.3. The average molecular weight is 269 g/mol. The summed E-state index contributed by atoms with van der Waals surface area (Å²) in [6, 6.07) is 0. The number of esters is 1. The summed E-state index contributed by atoms with van der Waals surface area (Å²) in [4.78, 5) is 35.1. The number of hydrogen-bond donors (Lipinski definition) is 0. The molecule has 1 atom stereocenters. The predicted octanol–water partition coefficient (Wildman–Crippen LogP) is 1.01. The molecule has 0 radical (unpaired) electrons. The molecule has 6 heteroatoms. The highest BCUT2D eigenvalue weighted by Gasteiger charge is 2.24. The fraction of sp³-hybridized carbons (Fsp3) is 0.615. The third-order valence-corrected chi connectivity index (χ3v) is 2.58. The lowest BCUT2D eigenvalue weighted by Gasteiger charge is -2.18. The summed E-state index contributed by atoms with van der Waals surface area (Å²) < 4.78 is 10.4. The van der Waals surface area contributed by atoms with E-state index in [4.69, 9.17) is 9.47 Å². The van der Waals surface area contributed by atoms with Gasteiger partial charge in [-0.25, -0.2) is 0 Å². The fourth-order valence-electron chi connectivity index (χ4n) is 1.66. The van der Waals surface area contributed by atoms with Gasteiger partial charge in [-0.1, -0.05) is 13.3 Å². The molecular weight excluding hydrogens is 250 g/mol. The minimum atomic E-state index is -0.550. The van der Waals surface area contributed by atoms with Gasteiger partial charge in [0.05, 0.1) is 6.42 Å². The first-order valence-electron chi connectivity index (χ1n) is 6.43. The second-order valence-electron chi connectivity index (χ2n) is 4.07. The number of carbonyl (C=O) groups excluding carboxylic acids is 3. The molecule has 19 heavy (non-hydrogen) atoms. The third kappa shape index (κ3) is 4.82. The molecule has 0 N–H and O–H groups in total. The van der Waals surface area contributed by atoms with E-state index >= 15 is 0 Å². The van der Waals surface area contributed by atoms with Gasteiger partial charge in [0, 0.05) is 31.7 Å². The molecule has 1 rings (SSSR count). The Morgan fingerprint density at radius 2 is 1.89 bits per heavy atom. The van der Waals surface area contributed by atoms with Gasteiger partial charge >= 0.3 is 5.97 Å². The normalized spacial score (nSPS) is 16.0. The number of carbonyl (C=O) groups is 3. The fourth-order valence-corrected chi connectivity index (χ4v) is 1.66. The minimum Gasteiger partial charge on any atom is -0.436 e. The van der Waals surface area contributed by atoms with E-state index in [1.807, 2.05) is 13.8 Å². The molecular formula is C13H19NO5. The molecule has 0 aromatic rings. The minimum absolute atomic E-state index is 0.0214. The molecule has 0 aromatic heterocycles. The Hall–Kier alpha value is -1.69. The van der Waals surface area contributed by atoms with Gasteiger partial charge in [-0.05, 0) is 6.92 Å². The smallest absolute Gasteiger partial charge is 0.309 e. The predicted molar refractivity (Wildman–Crippen MR) is 66.9 cm³/mol. The lowest BCUT2D eigenvalue weighted by atomic mass is 10.3. The quantitative estimate of drug-likeness (QED) is 0.373. The molecule has 0 aromatic carbocycles. The lowest BCUT2D eigenvalue weighted by molar-refractivity contribution is -0.179. The van der Waals surface area contributed by atoms with Crippen molar-refractivity contribution in [3.05, 3.63) is 12.2 Å². The molecule has 0 saturated heterocycles. The summed E-state index contributed by atoms with van der Waals surface area (Å²) in [5, 5.41) is 0. The van der Waals surface area contributed by atoms with Gasteiger partial charge in [0.2, 0.25) is 6.29 Å². The van der Waals surface area contributed by atoms with Crippen LogP contribution in [0, 0.1) is 0 Å². The maximum Gasteiger partial charge on any atom is 0.309 e. The van der Waals surface area contributed by atoms with Crippen LogP contribution in [0.1, 0.15) is 33.1 Å². The molecule has 0 saturated carbocycles. The van der Waals surface area contributed by atoms with E-state index in [0.717, 1.165) is 11.3 Å². The zero-order valence-electron chi connectivity index (χ0n) is 11.3. The van der Waals surface area contributed by atoms with Crippen LogP contribution in [0.5, 0.6) is 0 Å². The Labute approximate surface area is 112 Å². The third-order valence-electron chi connectivity index (χ3n) is 2.58. The van der Waals surface area contributed by atoms with E-state index in [9.17, 15) is 14.4 Å². The van der Waals surface area contributed by atoms with Crippen LogP contribution < -0.4 is 0 Å². The van der Waals surface area contributed by atoms with Crippen molar-refractivity contribution in [1.29, 1.82) is 0 Å². The number of amides is 2. The van der Waals surface area contributed by atoms with Gasteiger partial charge in [0.25, 0.3) is 11.8 Å². The van der Waals surface area contributed by atoms with Crippen molar-refractivity contribution >= 4 is 17.8 Å². The van der Waals surface area contributed by atoms with Crippen molar-refractivity contribution in [3.8, 4) is 0 Å². The Kier molecular flexibility index (Phi) is 6.21. The molecule has 0 spiro atoms. The summed E-state index contributed by atoms with van der Waals surface area (Å²) in [5.41, 5.74) is 0. The zero-order valence-corrected chi connectivity index (χ0v) is 11.3. The summed E-state index contributed by atoms with van der Waals surface area (Å²) in [5.74, 6) is -1.26. The van der Waals surface area contributed by atoms with Gasteiger partial charge in [-0.3, -0.25) is 19.3 Å². The Balaban J connectivity index is 2.34. The maximum atomic E-state index is 11.6. The van der Waals surface area contributed by atoms with Crippen molar-refractivity contribution in [2.24, 2.45) is 0 Å². The van der Waals surface area contributed by atoms with Gasteiger partial charge in [0.15, 0.2) is 0 Å². The van der Waals surface area contributed by atoms with Crippen LogP contribution in [0.4, 0.5) is 0 Å². The number of nitrogens with zero attached hydrogens (tertiary/aromatic N) is 1. The molecule has 0 aliphatic carbocycles. The molecule has 0 fully saturated rings. The second-order valence-corrected chi connectivity index (χ2v) is 4.07. The molecule has 1 unspecified atom stereocenters. The molecule has 1 aliphatic rings. The Morgan fingerprint density at radius 3 is 2.42 bits per heavy atom. The van der Waals surface area contributed by atoms with Crippen molar-refractivity contribution in [2.45, 2.75) is 39.4 Å². The Bertz CT molecular complexity index is 353. The summed E-state index contributed by atoms with van der Waals surface area (Å²) in [7, 11) is 0. The van der Waals surface area contributed by atoms with E-state index in [1.165, 1.54) is 12.2 Å². The van der Waals surface area contributed by atoms with Crippen molar-refractivity contribution in [1.82, 2.24) is 4.90 Å². The van der Waals surface area contributed by atoms with E-state index in [-0.39, 0.29) is 13.0 Å². The van der Waals surface area contributed by atoms with Gasteiger partial charge in [-0.15, -0.1) is 0 Å². The van der Waals surface area contributed by atoms with Gasteiger partial charge < -0.3 is 9.47 Å². The molecule has 0 bridgehead atoms. The van der Waals surface area contributed by atoms with Crippen LogP contribution in [0.2, 0.25) is 0 Å². The van der Waals surface area contributed by atoms with Crippen molar-refractivity contribution in [2.75, 3.05) is 13.2 Å². The first kappa shape index (κ1) is 15.4. The summed E-state index contributed by atoms with van der Waals surface area (Å²) in [6.07, 6.45) is 3.27. The van der Waals surface area contributed by atoms with Gasteiger partial charge in [0.1, 0.15) is 0 Å². The average Bonchev–Trinajstić information content (AvgIpc) is 2.67. The molecule has 6 nitrogen and oxygen atoms in total. The van der Waals surface area contributed by atoms with E-state index in [2.05, 4.69) is 0 Å². The van der Waals surface area contributed by atoms with E-state index in [1.54, 1.807) is 0 Å². The molecule has 1 heterocycles. The van der Waals surface area contributed by atoms with Crippen LogP contribution in [0.25, 0.3) is 0 Å². The second kappa shape index (κ2) is 7.68. The number of rotatable bonds is 8. The number of hydrogen-bond acceptors (Lipinski definition) is 5. The lowest BCUT2D eigenvalue weighted by Crippen LogP contribution is -2.33. The SMILES string of the molecule is CCCC(OCC)OC(=O)CCN1C(=O)C=CC1=O. The Morgan fingerprint density at radius 1 is 1.26 bits per heavy atom. The highest BCUT2D eigenvalue weighted by atomic mass is 16.7. The maximum absolute atomic E-state index is 11.6. The van der Waals surface area contributed by atoms with Crippen molar-refractivity contribution < 1.29 is 23.9 Å². The molecule has 106 valence electrons. The highest BCUT2D eigenvalue weighted by Crippen LogP contribution is 2.08. The summed E-state index contributed by atoms with van der Waals surface area (Å²) >= 11 is 0. The topological polar surface area (TPSA) is 72.9 Å². The van der Waals surface area contributed by atoms with Crippen LogP contribution in [0.3, 0.4) is 0 Å². The summed E-state index contributed by atoms with van der Waals surface area (Å²) in [6.45, 7) is 4.29. The molecule has 2 amide bonds. The van der Waals surface area contributed by atoms with Crippen LogP contribution in [0.15, 0.2) is 12.2 Å². The van der Waals surface area contributed by atoms with E-state index in [0.29, 0.717) is 13.0 Å². The highest BCUT2D eigenvalue weighted by molar-refractivity contribution is 6.12. The van der Waals surface area contributed by atoms with Gasteiger partial charge in [-0.2, -0.15) is 0 Å². The van der Waals surface area contributed by atoms with E-state index < -0.39 is 24.1 Å². The largest absolute Gasteiger partial charge is 0.436 e. The monoisotopic (exact) mass is 269 g/mol. The molecule has 1 aliphatic heterocycles. The standard InChI is InChI=1S/C13H19NO5/c1-3-5-13(18-4-2)19-12(17)8-9-14-10(15)6-7-11(14)16/h6-7,13H,3-5,8-9H2,1-2H3.